The van der Waals surface area contributed by atoms with Crippen molar-refractivity contribution in [2.75, 3.05) is 5.73 Å². The molecule has 0 fully saturated rings. The van der Waals surface area contributed by atoms with Crippen molar-refractivity contribution in [1.82, 2.24) is 9.36 Å². The topological polar surface area (TPSA) is 51.8 Å². The van der Waals surface area contributed by atoms with Crippen LogP contribution in [0.1, 0.15) is 11.4 Å². The summed E-state index contributed by atoms with van der Waals surface area (Å²) >= 11 is 1.26. The van der Waals surface area contributed by atoms with Crippen molar-refractivity contribution in [3.05, 3.63) is 53.9 Å². The average Bonchev–Trinajstić information content (AvgIpc) is 2.82. The molecule has 4 heteroatoms. The minimum atomic E-state index is 0.544. The van der Waals surface area contributed by atoms with Crippen LogP contribution >= 0.6 is 11.5 Å². The molecule has 0 saturated heterocycles. The molecule has 0 radical (unpaired) electrons. The Labute approximate surface area is 109 Å². The van der Waals surface area contributed by atoms with Gasteiger partial charge >= 0.3 is 0 Å². The second-order valence-electron chi connectivity index (χ2n) is 4.19. The Morgan fingerprint density at radius 2 is 1.83 bits per heavy atom. The van der Waals surface area contributed by atoms with Crippen molar-refractivity contribution >= 4 is 27.4 Å². The first-order chi connectivity index (χ1) is 8.83. The highest BCUT2D eigenvalue weighted by Gasteiger charge is 2.04. The zero-order chi connectivity index (χ0) is 12.4. The standard InChI is InChI=1S/C14H13N3S/c15-14-16-13(17-18-14)9-8-11-6-3-5-10-4-1-2-7-12(10)11/h1-7H,8-9H2,(H2,15,16,17). The highest BCUT2D eigenvalue weighted by molar-refractivity contribution is 7.09. The molecule has 0 saturated carbocycles. The van der Waals surface area contributed by atoms with E-state index in [1.165, 1.54) is 27.9 Å². The van der Waals surface area contributed by atoms with Gasteiger partial charge in [-0.1, -0.05) is 42.5 Å². The van der Waals surface area contributed by atoms with E-state index < -0.39 is 0 Å². The molecule has 0 atom stereocenters. The average molecular weight is 255 g/mol. The Bertz CT molecular complexity index is 670. The summed E-state index contributed by atoms with van der Waals surface area (Å²) in [5.41, 5.74) is 6.92. The monoisotopic (exact) mass is 255 g/mol. The van der Waals surface area contributed by atoms with Crippen LogP contribution in [-0.2, 0) is 12.8 Å². The van der Waals surface area contributed by atoms with E-state index in [-0.39, 0.29) is 0 Å². The number of benzene rings is 2. The van der Waals surface area contributed by atoms with Crippen molar-refractivity contribution in [1.29, 1.82) is 0 Å². The van der Waals surface area contributed by atoms with E-state index in [1.807, 2.05) is 0 Å². The minimum Gasteiger partial charge on any atom is -0.374 e. The fourth-order valence-electron chi connectivity index (χ4n) is 2.13. The molecule has 1 heterocycles. The third kappa shape index (κ3) is 2.19. The molecule has 0 aliphatic heterocycles. The molecule has 0 aliphatic carbocycles. The molecule has 2 N–H and O–H groups in total. The summed E-state index contributed by atoms with van der Waals surface area (Å²) in [6, 6.07) is 14.8. The molecule has 0 spiro atoms. The predicted octanol–water partition coefficient (Wildman–Crippen LogP) is 3.06. The third-order valence-electron chi connectivity index (χ3n) is 2.98. The van der Waals surface area contributed by atoms with Gasteiger partial charge in [0.05, 0.1) is 0 Å². The molecule has 1 aromatic heterocycles. The van der Waals surface area contributed by atoms with Crippen LogP contribution in [0.4, 0.5) is 5.13 Å². The quantitative estimate of drug-likeness (QED) is 0.782. The van der Waals surface area contributed by atoms with Gasteiger partial charge in [0.2, 0.25) is 0 Å². The van der Waals surface area contributed by atoms with Gasteiger partial charge in [0.1, 0.15) is 5.82 Å². The molecular weight excluding hydrogens is 242 g/mol. The molecule has 18 heavy (non-hydrogen) atoms. The Balaban J connectivity index is 1.86. The molecule has 0 bridgehead atoms. The van der Waals surface area contributed by atoms with E-state index in [4.69, 9.17) is 5.73 Å². The molecule has 0 amide bonds. The highest BCUT2D eigenvalue weighted by atomic mass is 32.1. The fourth-order valence-corrected chi connectivity index (χ4v) is 2.60. The van der Waals surface area contributed by atoms with Gasteiger partial charge < -0.3 is 5.73 Å². The van der Waals surface area contributed by atoms with Gasteiger partial charge in [0, 0.05) is 18.0 Å². The summed E-state index contributed by atoms with van der Waals surface area (Å²) < 4.78 is 4.22. The van der Waals surface area contributed by atoms with Gasteiger partial charge in [-0.15, -0.1) is 0 Å². The number of nitrogen functional groups attached to an aromatic ring is 1. The highest BCUT2D eigenvalue weighted by Crippen LogP contribution is 2.20. The SMILES string of the molecule is Nc1nc(CCc2cccc3ccccc23)ns1. The largest absolute Gasteiger partial charge is 0.374 e. The van der Waals surface area contributed by atoms with Crippen LogP contribution in [0.5, 0.6) is 0 Å². The first kappa shape index (κ1) is 11.2. The number of rotatable bonds is 3. The summed E-state index contributed by atoms with van der Waals surface area (Å²) in [6.07, 6.45) is 1.78. The summed E-state index contributed by atoms with van der Waals surface area (Å²) in [5.74, 6) is 0.838. The van der Waals surface area contributed by atoms with Gasteiger partial charge in [-0.3, -0.25) is 0 Å². The number of aromatic nitrogens is 2. The Kier molecular flexibility index (Phi) is 2.94. The summed E-state index contributed by atoms with van der Waals surface area (Å²) in [5, 5.41) is 3.13. The van der Waals surface area contributed by atoms with Crippen molar-refractivity contribution in [2.45, 2.75) is 12.8 Å². The fraction of sp³-hybridized carbons (Fsp3) is 0.143. The normalized spacial score (nSPS) is 10.9. The lowest BCUT2D eigenvalue weighted by Gasteiger charge is -2.04. The van der Waals surface area contributed by atoms with Crippen molar-refractivity contribution in [3.8, 4) is 0 Å². The zero-order valence-electron chi connectivity index (χ0n) is 9.84. The summed E-state index contributed by atoms with van der Waals surface area (Å²) in [4.78, 5) is 4.19. The molecule has 0 aliphatic rings. The van der Waals surface area contributed by atoms with Gasteiger partial charge in [0.15, 0.2) is 5.13 Å². The van der Waals surface area contributed by atoms with Crippen LogP contribution in [0.3, 0.4) is 0 Å². The van der Waals surface area contributed by atoms with Crippen LogP contribution < -0.4 is 5.73 Å². The predicted molar refractivity (Wildman–Crippen MR) is 75.7 cm³/mol. The number of anilines is 1. The van der Waals surface area contributed by atoms with E-state index in [0.29, 0.717) is 5.13 Å². The molecule has 0 unspecified atom stereocenters. The number of fused-ring (bicyclic) bond motifs is 1. The smallest absolute Gasteiger partial charge is 0.199 e. The van der Waals surface area contributed by atoms with E-state index in [2.05, 4.69) is 51.8 Å². The molecular formula is C14H13N3S. The van der Waals surface area contributed by atoms with E-state index in [9.17, 15) is 0 Å². The first-order valence-electron chi connectivity index (χ1n) is 5.87. The van der Waals surface area contributed by atoms with E-state index >= 15 is 0 Å². The molecule has 3 nitrogen and oxygen atoms in total. The number of nitrogens with zero attached hydrogens (tertiary/aromatic N) is 2. The van der Waals surface area contributed by atoms with Gasteiger partial charge in [-0.25, -0.2) is 4.98 Å². The Morgan fingerprint density at radius 1 is 1.00 bits per heavy atom. The van der Waals surface area contributed by atoms with Crippen molar-refractivity contribution in [2.24, 2.45) is 0 Å². The van der Waals surface area contributed by atoms with Crippen LogP contribution in [-0.4, -0.2) is 9.36 Å². The molecule has 3 rings (SSSR count). The molecule has 90 valence electrons. The van der Waals surface area contributed by atoms with Gasteiger partial charge in [0.25, 0.3) is 0 Å². The van der Waals surface area contributed by atoms with E-state index in [1.54, 1.807) is 0 Å². The summed E-state index contributed by atoms with van der Waals surface area (Å²) in [6.45, 7) is 0. The first-order valence-corrected chi connectivity index (χ1v) is 6.65. The second kappa shape index (κ2) is 4.74. The van der Waals surface area contributed by atoms with Crippen molar-refractivity contribution in [3.63, 3.8) is 0 Å². The maximum atomic E-state index is 5.58. The van der Waals surface area contributed by atoms with Crippen LogP contribution in [0.25, 0.3) is 10.8 Å². The third-order valence-corrected chi connectivity index (χ3v) is 3.56. The van der Waals surface area contributed by atoms with Crippen molar-refractivity contribution < 1.29 is 0 Å². The maximum absolute atomic E-state index is 5.58. The molecule has 2 aromatic carbocycles. The lowest BCUT2D eigenvalue weighted by Crippen LogP contribution is -1.95. The number of hydrogen-bond acceptors (Lipinski definition) is 4. The summed E-state index contributed by atoms with van der Waals surface area (Å²) in [7, 11) is 0. The van der Waals surface area contributed by atoms with Crippen LogP contribution in [0.15, 0.2) is 42.5 Å². The van der Waals surface area contributed by atoms with Gasteiger partial charge in [-0.2, -0.15) is 4.37 Å². The maximum Gasteiger partial charge on any atom is 0.199 e. The zero-order valence-corrected chi connectivity index (χ0v) is 10.7. The second-order valence-corrected chi connectivity index (χ2v) is 4.97. The Morgan fingerprint density at radius 3 is 2.67 bits per heavy atom. The lowest BCUT2D eigenvalue weighted by molar-refractivity contribution is 0.897. The Hall–Kier alpha value is -1.94. The van der Waals surface area contributed by atoms with E-state index in [0.717, 1.165) is 18.7 Å². The van der Waals surface area contributed by atoms with Gasteiger partial charge in [-0.05, 0) is 22.8 Å². The van der Waals surface area contributed by atoms with Crippen LogP contribution in [0, 0.1) is 0 Å². The number of nitrogens with two attached hydrogens (primary N) is 1. The lowest BCUT2D eigenvalue weighted by atomic mass is 10.0. The van der Waals surface area contributed by atoms with Crippen LogP contribution in [0.2, 0.25) is 0 Å². The number of hydrogen-bond donors (Lipinski definition) is 1. The number of aryl methyl sites for hydroxylation is 2. The molecule has 3 aromatic rings. The minimum absolute atomic E-state index is 0.544.